The molecule has 7 heteroatoms. The third-order valence-corrected chi connectivity index (χ3v) is 4.30. The minimum atomic E-state index is -0.676. The van der Waals surface area contributed by atoms with Crippen LogP contribution in [-0.4, -0.2) is 32.1 Å². The van der Waals surface area contributed by atoms with Crippen molar-refractivity contribution in [3.63, 3.8) is 0 Å². The fourth-order valence-electron chi connectivity index (χ4n) is 3.01. The van der Waals surface area contributed by atoms with E-state index in [0.29, 0.717) is 23.8 Å². The van der Waals surface area contributed by atoms with Crippen molar-refractivity contribution in [1.29, 1.82) is 0 Å². The van der Waals surface area contributed by atoms with Gasteiger partial charge in [0.2, 0.25) is 0 Å². The van der Waals surface area contributed by atoms with Crippen LogP contribution >= 0.6 is 0 Å². The molecule has 0 unspecified atom stereocenters. The van der Waals surface area contributed by atoms with E-state index in [-0.39, 0.29) is 5.69 Å². The van der Waals surface area contributed by atoms with Crippen molar-refractivity contribution < 1.29 is 10.0 Å². The van der Waals surface area contributed by atoms with Gasteiger partial charge in [0.15, 0.2) is 5.82 Å². The highest BCUT2D eigenvalue weighted by molar-refractivity contribution is 5.61. The number of nitrogens with one attached hydrogen (secondary N) is 1. The van der Waals surface area contributed by atoms with Crippen LogP contribution in [0.25, 0.3) is 11.4 Å². The Morgan fingerprint density at radius 2 is 2.04 bits per heavy atom. The number of non-ortho nitro benzene ring substituents is 1. The zero-order valence-electron chi connectivity index (χ0n) is 13.5. The van der Waals surface area contributed by atoms with Gasteiger partial charge in [-0.1, -0.05) is 25.0 Å². The lowest BCUT2D eigenvalue weighted by molar-refractivity contribution is -0.384. The van der Waals surface area contributed by atoms with Gasteiger partial charge >= 0.3 is 0 Å². The molecule has 1 saturated carbocycles. The smallest absolute Gasteiger partial charge is 0.270 e. The summed E-state index contributed by atoms with van der Waals surface area (Å²) in [5, 5.41) is 24.5. The summed E-state index contributed by atoms with van der Waals surface area (Å²) in [6, 6.07) is 8.07. The van der Waals surface area contributed by atoms with Crippen LogP contribution in [0.2, 0.25) is 0 Å². The van der Waals surface area contributed by atoms with Gasteiger partial charge in [0, 0.05) is 36.0 Å². The molecule has 2 aromatic rings. The Morgan fingerprint density at radius 3 is 2.75 bits per heavy atom. The summed E-state index contributed by atoms with van der Waals surface area (Å²) in [5.74, 6) is 1.05. The molecule has 3 rings (SSSR count). The molecule has 1 heterocycles. The molecule has 126 valence electrons. The van der Waals surface area contributed by atoms with Crippen molar-refractivity contribution >= 4 is 11.5 Å². The molecular formula is C17H20N4O3. The SMILES string of the molecule is Cc1cc(NCC2(O)CCCC2)nc(-c2cccc([N+](=O)[O-])c2)n1. The fraction of sp³-hybridized carbons (Fsp3) is 0.412. The minimum absolute atomic E-state index is 0.00684. The first kappa shape index (κ1) is 16.3. The molecule has 24 heavy (non-hydrogen) atoms. The number of benzene rings is 1. The van der Waals surface area contributed by atoms with E-state index in [1.54, 1.807) is 18.2 Å². The van der Waals surface area contributed by atoms with Crippen molar-refractivity contribution in [1.82, 2.24) is 9.97 Å². The predicted molar refractivity (Wildman–Crippen MR) is 90.8 cm³/mol. The quantitative estimate of drug-likeness (QED) is 0.646. The molecule has 1 aromatic carbocycles. The summed E-state index contributed by atoms with van der Waals surface area (Å²) in [4.78, 5) is 19.3. The van der Waals surface area contributed by atoms with Gasteiger partial charge in [0.05, 0.1) is 10.5 Å². The molecule has 1 aromatic heterocycles. The Morgan fingerprint density at radius 1 is 1.29 bits per heavy atom. The van der Waals surface area contributed by atoms with Crippen molar-refractivity contribution in [3.8, 4) is 11.4 Å². The molecule has 0 amide bonds. The van der Waals surface area contributed by atoms with Crippen LogP contribution < -0.4 is 5.32 Å². The Balaban J connectivity index is 1.83. The molecule has 1 fully saturated rings. The van der Waals surface area contributed by atoms with E-state index in [0.717, 1.165) is 31.4 Å². The molecule has 0 bridgehead atoms. The maximum absolute atomic E-state index is 10.9. The third-order valence-electron chi connectivity index (χ3n) is 4.30. The van der Waals surface area contributed by atoms with Crippen LogP contribution in [0.1, 0.15) is 31.4 Å². The molecule has 2 N–H and O–H groups in total. The molecule has 0 saturated heterocycles. The highest BCUT2D eigenvalue weighted by Crippen LogP contribution is 2.30. The number of aliphatic hydroxyl groups is 1. The zero-order chi connectivity index (χ0) is 17.2. The number of aromatic nitrogens is 2. The number of aryl methyl sites for hydroxylation is 1. The minimum Gasteiger partial charge on any atom is -0.388 e. The number of rotatable bonds is 5. The van der Waals surface area contributed by atoms with Gasteiger partial charge in [-0.05, 0) is 19.8 Å². The van der Waals surface area contributed by atoms with Gasteiger partial charge in [-0.15, -0.1) is 0 Å². The summed E-state index contributed by atoms with van der Waals surface area (Å²) >= 11 is 0. The second kappa shape index (κ2) is 6.52. The van der Waals surface area contributed by atoms with Crippen LogP contribution in [0, 0.1) is 17.0 Å². The van der Waals surface area contributed by atoms with E-state index in [9.17, 15) is 15.2 Å². The normalized spacial score (nSPS) is 16.1. The topological polar surface area (TPSA) is 101 Å². The zero-order valence-corrected chi connectivity index (χ0v) is 13.5. The van der Waals surface area contributed by atoms with Gasteiger partial charge in [-0.2, -0.15) is 0 Å². The Labute approximate surface area is 139 Å². The number of nitro benzene ring substituents is 1. The summed E-state index contributed by atoms with van der Waals surface area (Å²) in [5.41, 5.74) is 0.681. The van der Waals surface area contributed by atoms with Crippen LogP contribution in [0.4, 0.5) is 11.5 Å². The number of nitro groups is 1. The second-order valence-corrected chi connectivity index (χ2v) is 6.31. The first-order valence-electron chi connectivity index (χ1n) is 8.02. The first-order chi connectivity index (χ1) is 11.5. The summed E-state index contributed by atoms with van der Waals surface area (Å²) in [6.45, 7) is 2.29. The Kier molecular flexibility index (Phi) is 4.44. The maximum Gasteiger partial charge on any atom is 0.270 e. The molecule has 0 radical (unpaired) electrons. The van der Waals surface area contributed by atoms with Crippen molar-refractivity contribution in [2.24, 2.45) is 0 Å². The van der Waals surface area contributed by atoms with Gasteiger partial charge in [0.1, 0.15) is 5.82 Å². The predicted octanol–water partition coefficient (Wildman–Crippen LogP) is 3.08. The lowest BCUT2D eigenvalue weighted by Crippen LogP contribution is -2.33. The number of anilines is 1. The van der Waals surface area contributed by atoms with Crippen molar-refractivity contribution in [3.05, 3.63) is 46.1 Å². The standard InChI is InChI=1S/C17H20N4O3/c1-12-9-15(18-11-17(22)7-2-3-8-17)20-16(19-12)13-5-4-6-14(10-13)21(23)24/h4-6,9-10,22H,2-3,7-8,11H2,1H3,(H,18,19,20). The molecule has 0 spiro atoms. The highest BCUT2D eigenvalue weighted by atomic mass is 16.6. The van der Waals surface area contributed by atoms with Gasteiger partial charge in [-0.25, -0.2) is 9.97 Å². The van der Waals surface area contributed by atoms with Gasteiger partial charge in [0.25, 0.3) is 5.69 Å². The average molecular weight is 328 g/mol. The van der Waals surface area contributed by atoms with E-state index in [1.165, 1.54) is 12.1 Å². The summed E-state index contributed by atoms with van der Waals surface area (Å²) in [6.07, 6.45) is 3.67. The Hall–Kier alpha value is -2.54. The van der Waals surface area contributed by atoms with Crippen LogP contribution in [-0.2, 0) is 0 Å². The van der Waals surface area contributed by atoms with Crippen LogP contribution in [0.15, 0.2) is 30.3 Å². The summed E-state index contributed by atoms with van der Waals surface area (Å²) < 4.78 is 0. The highest BCUT2D eigenvalue weighted by Gasteiger charge is 2.30. The van der Waals surface area contributed by atoms with Crippen molar-refractivity contribution in [2.75, 3.05) is 11.9 Å². The number of hydrogen-bond acceptors (Lipinski definition) is 6. The first-order valence-corrected chi connectivity index (χ1v) is 8.02. The van der Waals surface area contributed by atoms with Gasteiger partial charge in [-0.3, -0.25) is 10.1 Å². The fourth-order valence-corrected chi connectivity index (χ4v) is 3.01. The summed E-state index contributed by atoms with van der Waals surface area (Å²) in [7, 11) is 0. The lowest BCUT2D eigenvalue weighted by atomic mass is 10.0. The lowest BCUT2D eigenvalue weighted by Gasteiger charge is -2.22. The van der Waals surface area contributed by atoms with E-state index < -0.39 is 10.5 Å². The average Bonchev–Trinajstić information content (AvgIpc) is 3.00. The van der Waals surface area contributed by atoms with Crippen LogP contribution in [0.5, 0.6) is 0 Å². The largest absolute Gasteiger partial charge is 0.388 e. The van der Waals surface area contributed by atoms with Crippen molar-refractivity contribution in [2.45, 2.75) is 38.2 Å². The monoisotopic (exact) mass is 328 g/mol. The van der Waals surface area contributed by atoms with Crippen LogP contribution in [0.3, 0.4) is 0 Å². The third kappa shape index (κ3) is 3.68. The molecule has 1 aliphatic rings. The second-order valence-electron chi connectivity index (χ2n) is 6.31. The van der Waals surface area contributed by atoms with Gasteiger partial charge < -0.3 is 10.4 Å². The number of nitrogens with zero attached hydrogens (tertiary/aromatic N) is 3. The maximum atomic E-state index is 10.9. The van der Waals surface area contributed by atoms with E-state index >= 15 is 0 Å². The molecule has 1 aliphatic carbocycles. The molecule has 0 atom stereocenters. The molecular weight excluding hydrogens is 308 g/mol. The van der Waals surface area contributed by atoms with E-state index in [2.05, 4.69) is 15.3 Å². The van der Waals surface area contributed by atoms with E-state index in [1.807, 2.05) is 6.92 Å². The van der Waals surface area contributed by atoms with E-state index in [4.69, 9.17) is 0 Å². The Bertz CT molecular complexity index is 757. The molecule has 0 aliphatic heterocycles. The molecule has 7 nitrogen and oxygen atoms in total. The number of hydrogen-bond donors (Lipinski definition) is 2.